The molecule has 0 radical (unpaired) electrons. The van der Waals surface area contributed by atoms with E-state index in [1.807, 2.05) is 31.2 Å². The van der Waals surface area contributed by atoms with Gasteiger partial charge in [0.15, 0.2) is 0 Å². The van der Waals surface area contributed by atoms with Crippen molar-refractivity contribution in [3.8, 4) is 33.5 Å². The second-order valence-electron chi connectivity index (χ2n) is 6.61. The standard InChI is InChI=1S/C23H17Cl2NS/c1-14-6-22(26-23(25)7-14)19-10-18(11-21(24)12-19)16-4-3-5-17(9-16)20-8-15(2)27-13-20/h3-13H,1-2H3. The van der Waals surface area contributed by atoms with Crippen LogP contribution in [0.25, 0.3) is 33.5 Å². The van der Waals surface area contributed by atoms with Gasteiger partial charge in [-0.15, -0.1) is 11.3 Å². The summed E-state index contributed by atoms with van der Waals surface area (Å²) in [4.78, 5) is 5.76. The molecular formula is C23H17Cl2NS. The highest BCUT2D eigenvalue weighted by Crippen LogP contribution is 2.33. The third-order valence-corrected chi connectivity index (χ3v) is 5.67. The van der Waals surface area contributed by atoms with Gasteiger partial charge in [-0.1, -0.05) is 41.4 Å². The van der Waals surface area contributed by atoms with Crippen molar-refractivity contribution in [2.45, 2.75) is 13.8 Å². The second kappa shape index (κ2) is 7.47. The molecule has 4 aromatic rings. The number of halogens is 2. The van der Waals surface area contributed by atoms with Crippen molar-refractivity contribution in [1.29, 1.82) is 0 Å². The zero-order chi connectivity index (χ0) is 19.0. The first-order valence-corrected chi connectivity index (χ1v) is 10.2. The van der Waals surface area contributed by atoms with Gasteiger partial charge in [-0.05, 0) is 89.5 Å². The van der Waals surface area contributed by atoms with E-state index in [-0.39, 0.29) is 0 Å². The van der Waals surface area contributed by atoms with Crippen molar-refractivity contribution in [3.05, 3.63) is 86.7 Å². The lowest BCUT2D eigenvalue weighted by Gasteiger charge is -2.09. The smallest absolute Gasteiger partial charge is 0.130 e. The maximum absolute atomic E-state index is 6.43. The van der Waals surface area contributed by atoms with Crippen molar-refractivity contribution in [2.75, 3.05) is 0 Å². The van der Waals surface area contributed by atoms with Crippen LogP contribution in [0.3, 0.4) is 0 Å². The maximum Gasteiger partial charge on any atom is 0.130 e. The fraction of sp³-hybridized carbons (Fsp3) is 0.0870. The van der Waals surface area contributed by atoms with E-state index >= 15 is 0 Å². The van der Waals surface area contributed by atoms with Crippen LogP contribution in [0.1, 0.15) is 10.4 Å². The minimum atomic E-state index is 0.487. The van der Waals surface area contributed by atoms with Crippen molar-refractivity contribution in [2.24, 2.45) is 0 Å². The Kier molecular flexibility index (Phi) is 5.05. The van der Waals surface area contributed by atoms with Gasteiger partial charge in [0.2, 0.25) is 0 Å². The predicted molar refractivity (Wildman–Crippen MR) is 118 cm³/mol. The van der Waals surface area contributed by atoms with Crippen molar-refractivity contribution in [3.63, 3.8) is 0 Å². The molecule has 4 heteroatoms. The SMILES string of the molecule is Cc1cc(Cl)nc(-c2cc(Cl)cc(-c3cccc(-c4csc(C)c4)c3)c2)c1. The summed E-state index contributed by atoms with van der Waals surface area (Å²) in [6.45, 7) is 4.13. The number of aryl methyl sites for hydroxylation is 2. The second-order valence-corrected chi connectivity index (χ2v) is 8.55. The summed E-state index contributed by atoms with van der Waals surface area (Å²) in [6, 6.07) is 20.6. The molecule has 0 N–H and O–H groups in total. The van der Waals surface area contributed by atoms with Crippen LogP contribution in [-0.4, -0.2) is 4.98 Å². The van der Waals surface area contributed by atoms with Gasteiger partial charge in [0, 0.05) is 15.5 Å². The molecule has 0 aliphatic heterocycles. The topological polar surface area (TPSA) is 12.9 Å². The van der Waals surface area contributed by atoms with Crippen LogP contribution in [0.2, 0.25) is 10.2 Å². The minimum Gasteiger partial charge on any atom is -0.236 e. The Morgan fingerprint density at radius 1 is 0.741 bits per heavy atom. The van der Waals surface area contributed by atoms with Crippen LogP contribution in [0.4, 0.5) is 0 Å². The molecule has 2 heterocycles. The average Bonchev–Trinajstić information content (AvgIpc) is 3.07. The van der Waals surface area contributed by atoms with E-state index in [2.05, 4.69) is 53.7 Å². The Hall–Kier alpha value is -2.13. The summed E-state index contributed by atoms with van der Waals surface area (Å²) in [5.41, 5.74) is 7.49. The first-order chi connectivity index (χ1) is 13.0. The number of pyridine rings is 1. The van der Waals surface area contributed by atoms with Crippen molar-refractivity contribution >= 4 is 34.5 Å². The van der Waals surface area contributed by atoms with E-state index in [4.69, 9.17) is 23.2 Å². The van der Waals surface area contributed by atoms with Gasteiger partial charge in [0.25, 0.3) is 0 Å². The van der Waals surface area contributed by atoms with Crippen LogP contribution in [-0.2, 0) is 0 Å². The zero-order valence-electron chi connectivity index (χ0n) is 15.0. The number of hydrogen-bond donors (Lipinski definition) is 0. The van der Waals surface area contributed by atoms with Crippen LogP contribution >= 0.6 is 34.5 Å². The summed E-state index contributed by atoms with van der Waals surface area (Å²) >= 11 is 14.3. The summed E-state index contributed by atoms with van der Waals surface area (Å²) < 4.78 is 0. The fourth-order valence-corrected chi connectivity index (χ4v) is 4.36. The Morgan fingerprint density at radius 2 is 1.44 bits per heavy atom. The van der Waals surface area contributed by atoms with Gasteiger partial charge < -0.3 is 0 Å². The molecule has 0 amide bonds. The molecule has 134 valence electrons. The Labute approximate surface area is 173 Å². The summed E-state index contributed by atoms with van der Waals surface area (Å²) in [5, 5.41) is 3.36. The normalized spacial score (nSPS) is 11.0. The molecule has 0 aliphatic rings. The molecule has 0 aliphatic carbocycles. The summed E-state index contributed by atoms with van der Waals surface area (Å²) in [6.07, 6.45) is 0. The van der Waals surface area contributed by atoms with Gasteiger partial charge in [-0.25, -0.2) is 4.98 Å². The summed E-state index contributed by atoms with van der Waals surface area (Å²) in [5.74, 6) is 0. The molecule has 2 aromatic heterocycles. The lowest BCUT2D eigenvalue weighted by molar-refractivity contribution is 1.29. The molecule has 4 rings (SSSR count). The molecule has 27 heavy (non-hydrogen) atoms. The highest BCUT2D eigenvalue weighted by atomic mass is 35.5. The number of benzene rings is 2. The van der Waals surface area contributed by atoms with Crippen LogP contribution < -0.4 is 0 Å². The Bertz CT molecular complexity index is 1110. The zero-order valence-corrected chi connectivity index (χ0v) is 17.3. The van der Waals surface area contributed by atoms with Crippen LogP contribution in [0, 0.1) is 13.8 Å². The van der Waals surface area contributed by atoms with E-state index in [0.29, 0.717) is 10.2 Å². The number of rotatable bonds is 3. The van der Waals surface area contributed by atoms with Gasteiger partial charge in [0.05, 0.1) is 5.69 Å². The Morgan fingerprint density at radius 3 is 2.15 bits per heavy atom. The molecule has 0 spiro atoms. The largest absolute Gasteiger partial charge is 0.236 e. The van der Waals surface area contributed by atoms with E-state index in [1.54, 1.807) is 11.3 Å². The molecule has 2 aromatic carbocycles. The third-order valence-electron chi connectivity index (χ3n) is 4.39. The number of nitrogens with zero attached hydrogens (tertiary/aromatic N) is 1. The quantitative estimate of drug-likeness (QED) is 0.311. The monoisotopic (exact) mass is 409 g/mol. The molecule has 0 fully saturated rings. The molecule has 0 saturated heterocycles. The number of aromatic nitrogens is 1. The van der Waals surface area contributed by atoms with Gasteiger partial charge in [-0.3, -0.25) is 0 Å². The van der Waals surface area contributed by atoms with E-state index in [9.17, 15) is 0 Å². The lowest BCUT2D eigenvalue weighted by Crippen LogP contribution is -1.88. The predicted octanol–water partition coefficient (Wildman–Crippen LogP) is 8.07. The molecule has 0 unspecified atom stereocenters. The van der Waals surface area contributed by atoms with E-state index in [0.717, 1.165) is 27.9 Å². The molecule has 0 bridgehead atoms. The first kappa shape index (κ1) is 18.2. The van der Waals surface area contributed by atoms with E-state index < -0.39 is 0 Å². The fourth-order valence-electron chi connectivity index (χ4n) is 3.15. The Balaban J connectivity index is 1.80. The average molecular weight is 410 g/mol. The first-order valence-electron chi connectivity index (χ1n) is 8.59. The third kappa shape index (κ3) is 4.08. The van der Waals surface area contributed by atoms with Crippen LogP contribution in [0.15, 0.2) is 66.0 Å². The lowest BCUT2D eigenvalue weighted by atomic mass is 9.98. The number of thiophene rings is 1. The maximum atomic E-state index is 6.43. The van der Waals surface area contributed by atoms with Gasteiger partial charge in [-0.2, -0.15) is 0 Å². The molecule has 0 atom stereocenters. The molecular weight excluding hydrogens is 393 g/mol. The minimum absolute atomic E-state index is 0.487. The van der Waals surface area contributed by atoms with Gasteiger partial charge in [0.1, 0.15) is 5.15 Å². The molecule has 0 saturated carbocycles. The van der Waals surface area contributed by atoms with Crippen LogP contribution in [0.5, 0.6) is 0 Å². The van der Waals surface area contributed by atoms with Gasteiger partial charge >= 0.3 is 0 Å². The summed E-state index contributed by atoms with van der Waals surface area (Å²) in [7, 11) is 0. The molecule has 1 nitrogen and oxygen atoms in total. The van der Waals surface area contributed by atoms with Crippen molar-refractivity contribution in [1.82, 2.24) is 4.98 Å². The van der Waals surface area contributed by atoms with Crippen molar-refractivity contribution < 1.29 is 0 Å². The van der Waals surface area contributed by atoms with E-state index in [1.165, 1.54) is 16.0 Å². The highest BCUT2D eigenvalue weighted by molar-refractivity contribution is 7.10. The number of hydrogen-bond acceptors (Lipinski definition) is 2. The highest BCUT2D eigenvalue weighted by Gasteiger charge is 2.09.